The van der Waals surface area contributed by atoms with Gasteiger partial charge in [-0.15, -0.1) is 0 Å². The van der Waals surface area contributed by atoms with Crippen molar-refractivity contribution in [3.63, 3.8) is 0 Å². The second-order valence-corrected chi connectivity index (χ2v) is 5.75. The van der Waals surface area contributed by atoms with E-state index in [1.165, 1.54) is 12.1 Å². The van der Waals surface area contributed by atoms with Crippen molar-refractivity contribution in [2.75, 3.05) is 5.32 Å². The summed E-state index contributed by atoms with van der Waals surface area (Å²) in [7, 11) is 0. The molecule has 4 rings (SSSR count). The number of hydrogen-bond acceptors (Lipinski definition) is 3. The number of nitrogens with zero attached hydrogens (tertiary/aromatic N) is 2. The molecule has 0 saturated carbocycles. The fourth-order valence-electron chi connectivity index (χ4n) is 2.75. The Balaban J connectivity index is 1.82. The zero-order valence-corrected chi connectivity index (χ0v) is 13.7. The number of anilines is 1. The van der Waals surface area contributed by atoms with Gasteiger partial charge in [0.1, 0.15) is 11.6 Å². The average molecular weight is 343 g/mol. The summed E-state index contributed by atoms with van der Waals surface area (Å²) in [5.74, 6) is -0.116. The van der Waals surface area contributed by atoms with Crippen molar-refractivity contribution >= 4 is 22.6 Å². The lowest BCUT2D eigenvalue weighted by atomic mass is 10.0. The molecule has 2 aromatic carbocycles. The molecular weight excluding hydrogens is 329 g/mol. The van der Waals surface area contributed by atoms with Gasteiger partial charge >= 0.3 is 0 Å². The molecule has 126 valence electrons. The van der Waals surface area contributed by atoms with Crippen LogP contribution in [-0.4, -0.2) is 15.9 Å². The average Bonchev–Trinajstić information content (AvgIpc) is 2.68. The standard InChI is InChI=1S/C21H14FN3O/c22-15-10-8-14(9-11-15)19-13-17(16-5-1-2-6-18(16)24-19)21(26)25-20-7-3-4-12-23-20/h1-13H,(H,23,25,26). The summed E-state index contributed by atoms with van der Waals surface area (Å²) >= 11 is 0. The molecule has 0 bridgehead atoms. The summed E-state index contributed by atoms with van der Waals surface area (Å²) in [4.78, 5) is 21.6. The maximum Gasteiger partial charge on any atom is 0.257 e. The van der Waals surface area contributed by atoms with Crippen LogP contribution in [0.3, 0.4) is 0 Å². The van der Waals surface area contributed by atoms with Gasteiger partial charge in [-0.2, -0.15) is 0 Å². The molecule has 4 nitrogen and oxygen atoms in total. The number of amides is 1. The minimum absolute atomic E-state index is 0.273. The number of halogens is 1. The lowest BCUT2D eigenvalue weighted by Gasteiger charge is -2.10. The molecule has 2 heterocycles. The number of benzene rings is 2. The van der Waals surface area contributed by atoms with Crippen LogP contribution >= 0.6 is 0 Å². The number of para-hydroxylation sites is 1. The highest BCUT2D eigenvalue weighted by atomic mass is 19.1. The second kappa shape index (κ2) is 6.72. The van der Waals surface area contributed by atoms with E-state index in [4.69, 9.17) is 0 Å². The van der Waals surface area contributed by atoms with E-state index in [1.54, 1.807) is 42.6 Å². The lowest BCUT2D eigenvalue weighted by Crippen LogP contribution is -2.14. The third-order valence-electron chi connectivity index (χ3n) is 4.01. The largest absolute Gasteiger partial charge is 0.307 e. The number of hydrogen-bond donors (Lipinski definition) is 1. The van der Waals surface area contributed by atoms with Crippen LogP contribution < -0.4 is 5.32 Å². The van der Waals surface area contributed by atoms with Crippen LogP contribution in [0, 0.1) is 5.82 Å². The molecule has 0 aliphatic heterocycles. The Hall–Kier alpha value is -3.60. The fraction of sp³-hybridized carbons (Fsp3) is 0. The van der Waals surface area contributed by atoms with Gasteiger partial charge in [-0.1, -0.05) is 24.3 Å². The van der Waals surface area contributed by atoms with Crippen LogP contribution in [0.5, 0.6) is 0 Å². The number of carbonyl (C=O) groups excluding carboxylic acids is 1. The monoisotopic (exact) mass is 343 g/mol. The molecule has 0 atom stereocenters. The highest BCUT2D eigenvalue weighted by Gasteiger charge is 2.14. The Morgan fingerprint density at radius 3 is 2.46 bits per heavy atom. The van der Waals surface area contributed by atoms with Crippen LogP contribution in [0.25, 0.3) is 22.2 Å². The van der Waals surface area contributed by atoms with E-state index in [0.29, 0.717) is 22.6 Å². The first-order chi connectivity index (χ1) is 12.7. The van der Waals surface area contributed by atoms with E-state index in [9.17, 15) is 9.18 Å². The van der Waals surface area contributed by atoms with Crippen molar-refractivity contribution in [1.82, 2.24) is 9.97 Å². The zero-order valence-electron chi connectivity index (χ0n) is 13.7. The molecular formula is C21H14FN3O. The molecule has 0 aliphatic rings. The molecule has 2 aromatic heterocycles. The van der Waals surface area contributed by atoms with Gasteiger partial charge in [0.05, 0.1) is 16.8 Å². The van der Waals surface area contributed by atoms with E-state index in [2.05, 4.69) is 15.3 Å². The van der Waals surface area contributed by atoms with Gasteiger partial charge in [0.2, 0.25) is 0 Å². The third-order valence-corrected chi connectivity index (χ3v) is 4.01. The predicted molar refractivity (Wildman–Crippen MR) is 99.3 cm³/mol. The Morgan fingerprint density at radius 2 is 1.69 bits per heavy atom. The van der Waals surface area contributed by atoms with Gasteiger partial charge in [-0.05, 0) is 48.5 Å². The number of aromatic nitrogens is 2. The Bertz CT molecular complexity index is 1080. The molecule has 0 fully saturated rings. The Morgan fingerprint density at radius 1 is 0.923 bits per heavy atom. The predicted octanol–water partition coefficient (Wildman–Crippen LogP) is 4.69. The molecule has 0 unspecified atom stereocenters. The van der Waals surface area contributed by atoms with E-state index in [0.717, 1.165) is 10.9 Å². The minimum atomic E-state index is -0.317. The van der Waals surface area contributed by atoms with E-state index in [-0.39, 0.29) is 11.7 Å². The molecule has 4 aromatic rings. The molecule has 0 saturated heterocycles. The normalized spacial score (nSPS) is 10.7. The van der Waals surface area contributed by atoms with Crippen molar-refractivity contribution in [3.05, 3.63) is 90.4 Å². The number of fused-ring (bicyclic) bond motifs is 1. The van der Waals surface area contributed by atoms with Crippen molar-refractivity contribution in [1.29, 1.82) is 0 Å². The quantitative estimate of drug-likeness (QED) is 0.587. The highest BCUT2D eigenvalue weighted by Crippen LogP contribution is 2.25. The fourth-order valence-corrected chi connectivity index (χ4v) is 2.75. The molecule has 1 amide bonds. The lowest BCUT2D eigenvalue weighted by molar-refractivity contribution is 0.102. The molecule has 0 radical (unpaired) electrons. The highest BCUT2D eigenvalue weighted by molar-refractivity contribution is 6.12. The number of nitrogens with one attached hydrogen (secondary N) is 1. The van der Waals surface area contributed by atoms with Crippen molar-refractivity contribution in [2.24, 2.45) is 0 Å². The smallest absolute Gasteiger partial charge is 0.257 e. The van der Waals surface area contributed by atoms with E-state index in [1.807, 2.05) is 24.3 Å². The molecule has 5 heteroatoms. The van der Waals surface area contributed by atoms with Crippen LogP contribution in [0.4, 0.5) is 10.2 Å². The summed E-state index contributed by atoms with van der Waals surface area (Å²) in [5, 5.41) is 3.54. The van der Waals surface area contributed by atoms with Crippen molar-refractivity contribution < 1.29 is 9.18 Å². The van der Waals surface area contributed by atoms with Crippen LogP contribution in [0.15, 0.2) is 79.0 Å². The molecule has 0 spiro atoms. The Kier molecular flexibility index (Phi) is 4.11. The number of carbonyl (C=O) groups is 1. The Labute approximate surface area is 149 Å². The van der Waals surface area contributed by atoms with Gasteiger partial charge in [0.25, 0.3) is 5.91 Å². The van der Waals surface area contributed by atoms with E-state index >= 15 is 0 Å². The van der Waals surface area contributed by atoms with Crippen LogP contribution in [0.1, 0.15) is 10.4 Å². The van der Waals surface area contributed by atoms with Crippen LogP contribution in [0.2, 0.25) is 0 Å². The molecule has 1 N–H and O–H groups in total. The van der Waals surface area contributed by atoms with Crippen molar-refractivity contribution in [2.45, 2.75) is 0 Å². The third kappa shape index (κ3) is 3.15. The first-order valence-corrected chi connectivity index (χ1v) is 8.09. The topological polar surface area (TPSA) is 54.9 Å². The van der Waals surface area contributed by atoms with Crippen molar-refractivity contribution in [3.8, 4) is 11.3 Å². The summed E-state index contributed by atoms with van der Waals surface area (Å²) in [5.41, 5.74) is 2.53. The molecule has 0 aliphatic carbocycles. The first kappa shape index (κ1) is 15.9. The van der Waals surface area contributed by atoms with Crippen LogP contribution in [-0.2, 0) is 0 Å². The van der Waals surface area contributed by atoms with Gasteiger partial charge < -0.3 is 5.32 Å². The van der Waals surface area contributed by atoms with Gasteiger partial charge in [0.15, 0.2) is 0 Å². The summed E-state index contributed by atoms with van der Waals surface area (Å²) in [6.07, 6.45) is 1.62. The zero-order chi connectivity index (χ0) is 17.9. The number of rotatable bonds is 3. The van der Waals surface area contributed by atoms with Gasteiger partial charge in [-0.3, -0.25) is 4.79 Å². The maximum atomic E-state index is 13.2. The summed E-state index contributed by atoms with van der Waals surface area (Å²) in [6, 6.07) is 20.5. The second-order valence-electron chi connectivity index (χ2n) is 5.75. The van der Waals surface area contributed by atoms with Gasteiger partial charge in [0, 0.05) is 17.1 Å². The maximum absolute atomic E-state index is 13.2. The summed E-state index contributed by atoms with van der Waals surface area (Å²) < 4.78 is 13.2. The first-order valence-electron chi connectivity index (χ1n) is 8.09. The van der Waals surface area contributed by atoms with Gasteiger partial charge in [-0.25, -0.2) is 14.4 Å². The minimum Gasteiger partial charge on any atom is -0.307 e. The SMILES string of the molecule is O=C(Nc1ccccn1)c1cc(-c2ccc(F)cc2)nc2ccccc12. The number of pyridine rings is 2. The molecule has 26 heavy (non-hydrogen) atoms. The van der Waals surface area contributed by atoms with E-state index < -0.39 is 0 Å². The summed E-state index contributed by atoms with van der Waals surface area (Å²) in [6.45, 7) is 0.